The molecule has 1 saturated heterocycles. The molecule has 0 spiro atoms. The van der Waals surface area contributed by atoms with Gasteiger partial charge in [0.25, 0.3) is 0 Å². The summed E-state index contributed by atoms with van der Waals surface area (Å²) in [5, 5.41) is 12.9. The second-order valence-corrected chi connectivity index (χ2v) is 9.36. The third kappa shape index (κ3) is 5.38. The van der Waals surface area contributed by atoms with Gasteiger partial charge < -0.3 is 15.4 Å². The molecule has 4 heterocycles. The summed E-state index contributed by atoms with van der Waals surface area (Å²) in [5.41, 5.74) is 4.55. The second kappa shape index (κ2) is 10.7. The highest BCUT2D eigenvalue weighted by Gasteiger charge is 2.24. The standard InChI is InChI=1S/C26H26ClFN6O2/c27-17-3-4-20(28)19(11-17)25-26(32-15-31-25)22-6-5-21-23(33-22)10-16(13-30-21)2-1-8-34-9-7-29-14-18(34)12-24(35)36/h3-6,10-11,13,15,18,29H,1-2,7-9,12,14H2,(H,31,32)(H,35,36). The number of carbonyl (C=O) groups is 1. The molecule has 3 N–H and O–H groups in total. The van der Waals surface area contributed by atoms with E-state index in [1.165, 1.54) is 18.5 Å². The van der Waals surface area contributed by atoms with Crippen molar-refractivity contribution >= 4 is 28.6 Å². The monoisotopic (exact) mass is 508 g/mol. The second-order valence-electron chi connectivity index (χ2n) is 8.92. The Morgan fingerprint density at radius 1 is 1.19 bits per heavy atom. The van der Waals surface area contributed by atoms with Crippen LogP contribution in [0.3, 0.4) is 0 Å². The van der Waals surface area contributed by atoms with E-state index in [4.69, 9.17) is 16.6 Å². The first-order valence-corrected chi connectivity index (χ1v) is 12.3. The molecule has 0 aliphatic carbocycles. The van der Waals surface area contributed by atoms with Crippen molar-refractivity contribution in [2.45, 2.75) is 25.3 Å². The summed E-state index contributed by atoms with van der Waals surface area (Å²) >= 11 is 6.09. The highest BCUT2D eigenvalue weighted by atomic mass is 35.5. The number of carboxylic acids is 1. The predicted octanol–water partition coefficient (Wildman–Crippen LogP) is 4.16. The molecule has 10 heteroatoms. The first-order valence-electron chi connectivity index (χ1n) is 11.9. The smallest absolute Gasteiger partial charge is 0.304 e. The minimum Gasteiger partial charge on any atom is -0.481 e. The van der Waals surface area contributed by atoms with E-state index < -0.39 is 11.8 Å². The van der Waals surface area contributed by atoms with Gasteiger partial charge in [-0.2, -0.15) is 0 Å². The number of fused-ring (bicyclic) bond motifs is 1. The summed E-state index contributed by atoms with van der Waals surface area (Å²) in [4.78, 5) is 30.2. The fraction of sp³-hybridized carbons (Fsp3) is 0.308. The van der Waals surface area contributed by atoms with E-state index in [1.54, 1.807) is 6.07 Å². The van der Waals surface area contributed by atoms with Crippen molar-refractivity contribution in [3.8, 4) is 22.6 Å². The third-order valence-corrected chi connectivity index (χ3v) is 6.70. The number of imidazole rings is 1. The van der Waals surface area contributed by atoms with E-state index in [9.17, 15) is 14.3 Å². The maximum Gasteiger partial charge on any atom is 0.304 e. The lowest BCUT2D eigenvalue weighted by Gasteiger charge is -2.35. The zero-order chi connectivity index (χ0) is 25.1. The number of hydrogen-bond acceptors (Lipinski definition) is 6. The summed E-state index contributed by atoms with van der Waals surface area (Å²) in [5.74, 6) is -1.18. The molecule has 1 aliphatic rings. The Morgan fingerprint density at radius 3 is 2.94 bits per heavy atom. The molecule has 0 bridgehead atoms. The first-order chi connectivity index (χ1) is 17.5. The number of aromatic amines is 1. The van der Waals surface area contributed by atoms with Crippen molar-refractivity contribution in [2.75, 3.05) is 26.2 Å². The van der Waals surface area contributed by atoms with Crippen molar-refractivity contribution < 1.29 is 14.3 Å². The topological polar surface area (TPSA) is 107 Å². The number of nitrogens with zero attached hydrogens (tertiary/aromatic N) is 4. The van der Waals surface area contributed by atoms with Crippen LogP contribution in [0.25, 0.3) is 33.7 Å². The number of pyridine rings is 2. The Kier molecular flexibility index (Phi) is 7.22. The number of rotatable bonds is 8. The molecule has 1 fully saturated rings. The van der Waals surface area contributed by atoms with Crippen LogP contribution in [0.5, 0.6) is 0 Å². The molecular formula is C26H26ClFN6O2. The van der Waals surface area contributed by atoms with E-state index >= 15 is 0 Å². The summed E-state index contributed by atoms with van der Waals surface area (Å²) in [6.45, 7) is 3.24. The molecule has 186 valence electrons. The molecule has 36 heavy (non-hydrogen) atoms. The Balaban J connectivity index is 1.33. The molecule has 8 nitrogen and oxygen atoms in total. The minimum absolute atomic E-state index is 0.0168. The van der Waals surface area contributed by atoms with Gasteiger partial charge in [0.1, 0.15) is 11.5 Å². The molecule has 0 amide bonds. The van der Waals surface area contributed by atoms with Crippen molar-refractivity contribution in [3.05, 3.63) is 65.3 Å². The van der Waals surface area contributed by atoms with Gasteiger partial charge >= 0.3 is 5.97 Å². The van der Waals surface area contributed by atoms with Gasteiger partial charge in [0.05, 0.1) is 35.2 Å². The van der Waals surface area contributed by atoms with Crippen LogP contribution in [-0.4, -0.2) is 68.1 Å². The molecule has 1 aliphatic heterocycles. The van der Waals surface area contributed by atoms with Crippen LogP contribution >= 0.6 is 11.6 Å². The van der Waals surface area contributed by atoms with Gasteiger partial charge in [0.15, 0.2) is 0 Å². The molecule has 3 aromatic heterocycles. The van der Waals surface area contributed by atoms with Crippen LogP contribution < -0.4 is 5.32 Å². The lowest BCUT2D eigenvalue weighted by atomic mass is 10.1. The fourth-order valence-corrected chi connectivity index (χ4v) is 4.86. The van der Waals surface area contributed by atoms with Gasteiger partial charge in [0.2, 0.25) is 0 Å². The largest absolute Gasteiger partial charge is 0.481 e. The molecule has 0 radical (unpaired) electrons. The van der Waals surface area contributed by atoms with Gasteiger partial charge in [-0.3, -0.25) is 14.7 Å². The number of aromatic nitrogens is 4. The number of aliphatic carboxylic acids is 1. The molecule has 4 aromatic rings. The number of halogens is 2. The van der Waals surface area contributed by atoms with Gasteiger partial charge in [-0.1, -0.05) is 11.6 Å². The van der Waals surface area contributed by atoms with Crippen molar-refractivity contribution in [1.29, 1.82) is 0 Å². The number of nitrogens with one attached hydrogen (secondary N) is 2. The van der Waals surface area contributed by atoms with Crippen molar-refractivity contribution in [1.82, 2.24) is 30.2 Å². The molecule has 1 unspecified atom stereocenters. The average Bonchev–Trinajstić information content (AvgIpc) is 3.35. The molecule has 1 aromatic carbocycles. The summed E-state index contributed by atoms with van der Waals surface area (Å²) in [7, 11) is 0. The molecule has 1 atom stereocenters. The molecule has 5 rings (SSSR count). The zero-order valence-corrected chi connectivity index (χ0v) is 20.3. The number of H-pyrrole nitrogens is 1. The van der Waals surface area contributed by atoms with Crippen LogP contribution in [0.2, 0.25) is 5.02 Å². The summed E-state index contributed by atoms with van der Waals surface area (Å²) in [6.07, 6.45) is 5.22. The number of hydrogen-bond donors (Lipinski definition) is 3. The van der Waals surface area contributed by atoms with Gasteiger partial charge in [-0.15, -0.1) is 0 Å². The average molecular weight is 509 g/mol. The van der Waals surface area contributed by atoms with E-state index in [0.29, 0.717) is 34.2 Å². The maximum absolute atomic E-state index is 14.5. The van der Waals surface area contributed by atoms with E-state index in [2.05, 4.69) is 25.2 Å². The van der Waals surface area contributed by atoms with Gasteiger partial charge in [0, 0.05) is 42.5 Å². The summed E-state index contributed by atoms with van der Waals surface area (Å²) in [6, 6.07) is 10.1. The zero-order valence-electron chi connectivity index (χ0n) is 19.5. The molecular weight excluding hydrogens is 483 g/mol. The number of benzene rings is 1. The van der Waals surface area contributed by atoms with E-state index in [0.717, 1.165) is 49.1 Å². The van der Waals surface area contributed by atoms with Crippen LogP contribution in [0.1, 0.15) is 18.4 Å². The van der Waals surface area contributed by atoms with E-state index in [1.807, 2.05) is 24.4 Å². The van der Waals surface area contributed by atoms with Crippen LogP contribution in [0.15, 0.2) is 48.9 Å². The molecule has 0 saturated carbocycles. The van der Waals surface area contributed by atoms with Gasteiger partial charge in [-0.25, -0.2) is 14.4 Å². The van der Waals surface area contributed by atoms with E-state index in [-0.39, 0.29) is 12.5 Å². The van der Waals surface area contributed by atoms with Crippen molar-refractivity contribution in [3.63, 3.8) is 0 Å². The number of aryl methyl sites for hydroxylation is 1. The van der Waals surface area contributed by atoms with Crippen LogP contribution in [0.4, 0.5) is 4.39 Å². The van der Waals surface area contributed by atoms with Crippen molar-refractivity contribution in [2.24, 2.45) is 0 Å². The Hall–Kier alpha value is -3.40. The van der Waals surface area contributed by atoms with Crippen LogP contribution in [0, 0.1) is 5.82 Å². The number of piperazine rings is 1. The van der Waals surface area contributed by atoms with Gasteiger partial charge in [-0.05, 0) is 61.3 Å². The fourth-order valence-electron chi connectivity index (χ4n) is 4.68. The first kappa shape index (κ1) is 24.3. The summed E-state index contributed by atoms with van der Waals surface area (Å²) < 4.78 is 14.5. The highest BCUT2D eigenvalue weighted by molar-refractivity contribution is 6.30. The highest BCUT2D eigenvalue weighted by Crippen LogP contribution is 2.32. The predicted molar refractivity (Wildman–Crippen MR) is 136 cm³/mol. The normalized spacial score (nSPS) is 16.4. The minimum atomic E-state index is -0.771. The third-order valence-electron chi connectivity index (χ3n) is 6.47. The lowest BCUT2D eigenvalue weighted by molar-refractivity contribution is -0.138. The SMILES string of the molecule is O=C(O)CC1CNCCN1CCCc1cnc2ccc(-c3[nH]cnc3-c3cc(Cl)ccc3F)nc2c1. The maximum atomic E-state index is 14.5. The lowest BCUT2D eigenvalue weighted by Crippen LogP contribution is -2.52. The Labute approximate surface area is 212 Å². The number of carboxylic acid groups (broad SMARTS) is 1. The Morgan fingerprint density at radius 2 is 2.08 bits per heavy atom. The van der Waals surface area contributed by atoms with Crippen LogP contribution in [-0.2, 0) is 11.2 Å². The Bertz CT molecular complexity index is 1390. The quantitative estimate of drug-likeness (QED) is 0.328.